The van der Waals surface area contributed by atoms with Gasteiger partial charge in [0.15, 0.2) is 0 Å². The number of hydrogen-bond donors (Lipinski definition) is 3. The van der Waals surface area contributed by atoms with Gasteiger partial charge in [-0.05, 0) is 12.5 Å². The van der Waals surface area contributed by atoms with Crippen LogP contribution < -0.4 is 5.73 Å². The smallest absolute Gasteiger partial charge is 0.127 e. The van der Waals surface area contributed by atoms with Crippen LogP contribution in [0.5, 0.6) is 0 Å². The lowest BCUT2D eigenvalue weighted by Gasteiger charge is -2.15. The number of aliphatic hydroxyl groups excluding tert-OH is 2. The molecule has 0 spiro atoms. The molecular formula is C14H22FNO2. The number of hydrogen-bond acceptors (Lipinski definition) is 3. The Kier molecular flexibility index (Phi) is 12.7. The summed E-state index contributed by atoms with van der Waals surface area (Å²) in [6.45, 7) is 3.64. The quantitative estimate of drug-likeness (QED) is 0.719. The first kappa shape index (κ1) is 18.9. The summed E-state index contributed by atoms with van der Waals surface area (Å²) in [5.74, 6) is -0.384. The Morgan fingerprint density at radius 1 is 1.28 bits per heavy atom. The molecule has 1 rings (SSSR count). The molecule has 0 aliphatic heterocycles. The zero-order valence-electron chi connectivity index (χ0n) is 10.9. The molecule has 0 heterocycles. The van der Waals surface area contributed by atoms with E-state index in [0.29, 0.717) is 5.56 Å². The van der Waals surface area contributed by atoms with E-state index in [-0.39, 0.29) is 18.8 Å². The lowest BCUT2D eigenvalue weighted by molar-refractivity contribution is 0.0823. The van der Waals surface area contributed by atoms with Gasteiger partial charge in [-0.15, -0.1) is 12.8 Å². The van der Waals surface area contributed by atoms with Crippen LogP contribution in [0.2, 0.25) is 0 Å². The molecule has 4 N–H and O–H groups in total. The minimum Gasteiger partial charge on any atom is -0.394 e. The van der Waals surface area contributed by atoms with E-state index in [1.54, 1.807) is 18.2 Å². The zero-order chi connectivity index (χ0) is 14.6. The van der Waals surface area contributed by atoms with Crippen LogP contribution in [0.15, 0.2) is 24.3 Å². The Bertz CT molecular complexity index is 329. The molecule has 3 nitrogen and oxygen atoms in total. The average molecular weight is 255 g/mol. The fourth-order valence-corrected chi connectivity index (χ4v) is 1.27. The second-order valence-corrected chi connectivity index (χ2v) is 3.20. The number of benzene rings is 1. The van der Waals surface area contributed by atoms with Crippen LogP contribution in [0.25, 0.3) is 0 Å². The molecule has 0 saturated heterocycles. The molecule has 0 amide bonds. The first-order chi connectivity index (χ1) is 8.65. The van der Waals surface area contributed by atoms with Crippen LogP contribution in [0, 0.1) is 18.7 Å². The van der Waals surface area contributed by atoms with Crippen LogP contribution in [0.1, 0.15) is 31.9 Å². The fourth-order valence-electron chi connectivity index (χ4n) is 1.27. The largest absolute Gasteiger partial charge is 0.394 e. The van der Waals surface area contributed by atoms with Gasteiger partial charge in [0.05, 0.1) is 12.7 Å². The van der Waals surface area contributed by atoms with Crippen molar-refractivity contribution >= 4 is 0 Å². The Balaban J connectivity index is 0. The number of terminal acetylenes is 1. The molecule has 0 aliphatic carbocycles. The predicted octanol–water partition coefficient (Wildman–Crippen LogP) is 1.84. The summed E-state index contributed by atoms with van der Waals surface area (Å²) in [6.07, 6.45) is 7.25. The van der Waals surface area contributed by atoms with Crippen molar-refractivity contribution in [2.24, 2.45) is 5.73 Å². The summed E-state index contributed by atoms with van der Waals surface area (Å²) >= 11 is 0. The SMILES string of the molecule is C#C.CC.NC(C[C@@H](O)CO)c1ccccc1F. The van der Waals surface area contributed by atoms with Gasteiger partial charge in [0.2, 0.25) is 0 Å². The van der Waals surface area contributed by atoms with E-state index < -0.39 is 12.1 Å². The van der Waals surface area contributed by atoms with Crippen molar-refractivity contribution in [1.82, 2.24) is 0 Å². The molecule has 102 valence electrons. The molecule has 0 aromatic heterocycles. The van der Waals surface area contributed by atoms with Crippen LogP contribution in [-0.2, 0) is 0 Å². The molecular weight excluding hydrogens is 233 g/mol. The molecule has 0 bridgehead atoms. The Morgan fingerprint density at radius 3 is 2.22 bits per heavy atom. The number of halogens is 1. The molecule has 1 aromatic rings. The van der Waals surface area contributed by atoms with Crippen molar-refractivity contribution in [2.45, 2.75) is 32.4 Å². The predicted molar refractivity (Wildman–Crippen MR) is 72.3 cm³/mol. The number of aliphatic hydroxyl groups is 2. The normalized spacial score (nSPS) is 12.2. The third-order valence-corrected chi connectivity index (χ3v) is 2.04. The van der Waals surface area contributed by atoms with Crippen LogP contribution >= 0.6 is 0 Å². The average Bonchev–Trinajstić information content (AvgIpc) is 2.43. The minimum atomic E-state index is -0.899. The van der Waals surface area contributed by atoms with E-state index in [4.69, 9.17) is 15.9 Å². The van der Waals surface area contributed by atoms with Crippen molar-refractivity contribution < 1.29 is 14.6 Å². The van der Waals surface area contributed by atoms with Gasteiger partial charge in [-0.25, -0.2) is 4.39 Å². The highest BCUT2D eigenvalue weighted by atomic mass is 19.1. The van der Waals surface area contributed by atoms with E-state index in [2.05, 4.69) is 12.8 Å². The maximum Gasteiger partial charge on any atom is 0.127 e. The summed E-state index contributed by atoms with van der Waals surface area (Å²) in [5.41, 5.74) is 6.02. The Hall–Kier alpha value is -1.41. The maximum atomic E-state index is 13.2. The van der Waals surface area contributed by atoms with Crippen molar-refractivity contribution in [3.05, 3.63) is 35.6 Å². The van der Waals surface area contributed by atoms with Crippen molar-refractivity contribution in [2.75, 3.05) is 6.61 Å². The molecule has 0 saturated carbocycles. The molecule has 0 fully saturated rings. The molecule has 0 aliphatic rings. The number of rotatable bonds is 4. The fraction of sp³-hybridized carbons (Fsp3) is 0.429. The second kappa shape index (κ2) is 12.1. The molecule has 18 heavy (non-hydrogen) atoms. The first-order valence-corrected chi connectivity index (χ1v) is 5.77. The van der Waals surface area contributed by atoms with Gasteiger partial charge in [-0.1, -0.05) is 32.0 Å². The lowest BCUT2D eigenvalue weighted by Crippen LogP contribution is -2.22. The zero-order valence-corrected chi connectivity index (χ0v) is 10.9. The van der Waals surface area contributed by atoms with Crippen molar-refractivity contribution in [3.8, 4) is 12.8 Å². The molecule has 0 radical (unpaired) electrons. The lowest BCUT2D eigenvalue weighted by atomic mass is 10.0. The van der Waals surface area contributed by atoms with E-state index in [0.717, 1.165) is 0 Å². The highest BCUT2D eigenvalue weighted by Gasteiger charge is 2.14. The highest BCUT2D eigenvalue weighted by molar-refractivity contribution is 5.20. The Morgan fingerprint density at radius 2 is 1.78 bits per heavy atom. The number of nitrogens with two attached hydrogens (primary N) is 1. The maximum absolute atomic E-state index is 13.2. The Labute approximate surface area is 108 Å². The first-order valence-electron chi connectivity index (χ1n) is 5.77. The van der Waals surface area contributed by atoms with Gasteiger partial charge in [0.25, 0.3) is 0 Å². The second-order valence-electron chi connectivity index (χ2n) is 3.20. The van der Waals surface area contributed by atoms with Gasteiger partial charge >= 0.3 is 0 Å². The minimum absolute atomic E-state index is 0.150. The molecule has 4 heteroatoms. The van der Waals surface area contributed by atoms with E-state index >= 15 is 0 Å². The topological polar surface area (TPSA) is 66.5 Å². The van der Waals surface area contributed by atoms with Crippen molar-refractivity contribution in [3.63, 3.8) is 0 Å². The molecule has 1 unspecified atom stereocenters. The van der Waals surface area contributed by atoms with Gasteiger partial charge in [0.1, 0.15) is 5.82 Å². The third kappa shape index (κ3) is 7.02. The van der Waals surface area contributed by atoms with Crippen molar-refractivity contribution in [1.29, 1.82) is 0 Å². The summed E-state index contributed by atoms with van der Waals surface area (Å²) in [4.78, 5) is 0. The van der Waals surface area contributed by atoms with Gasteiger partial charge in [-0.2, -0.15) is 0 Å². The van der Waals surface area contributed by atoms with E-state index in [1.165, 1.54) is 6.07 Å². The van der Waals surface area contributed by atoms with Crippen LogP contribution in [0.4, 0.5) is 4.39 Å². The summed E-state index contributed by atoms with van der Waals surface area (Å²) in [5, 5.41) is 17.7. The third-order valence-electron chi connectivity index (χ3n) is 2.04. The highest BCUT2D eigenvalue weighted by Crippen LogP contribution is 2.18. The molecule has 2 atom stereocenters. The van der Waals surface area contributed by atoms with E-state index in [1.807, 2.05) is 13.8 Å². The van der Waals surface area contributed by atoms with Gasteiger partial charge < -0.3 is 15.9 Å². The standard InChI is InChI=1S/C10H14FNO2.C2H6.C2H2/c11-9-4-2-1-3-8(9)10(12)5-7(14)6-13;2*1-2/h1-4,7,10,13-14H,5-6,12H2;1-2H3;1-2H/t7-,10?;;/m1../s1. The van der Waals surface area contributed by atoms with Gasteiger partial charge in [0, 0.05) is 11.6 Å². The monoisotopic (exact) mass is 255 g/mol. The summed E-state index contributed by atoms with van der Waals surface area (Å²) < 4.78 is 13.2. The van der Waals surface area contributed by atoms with Gasteiger partial charge in [-0.3, -0.25) is 0 Å². The molecule has 1 aromatic carbocycles. The summed E-state index contributed by atoms with van der Waals surface area (Å²) in [7, 11) is 0. The van der Waals surface area contributed by atoms with E-state index in [9.17, 15) is 4.39 Å². The van der Waals surface area contributed by atoms with Crippen LogP contribution in [0.3, 0.4) is 0 Å². The summed E-state index contributed by atoms with van der Waals surface area (Å²) in [6, 6.07) is 5.57. The van der Waals surface area contributed by atoms with Crippen LogP contribution in [-0.4, -0.2) is 22.9 Å².